The number of esters is 1. The maximum atomic E-state index is 12.6. The molecule has 7 heteroatoms. The number of benzene rings is 1. The molecule has 0 bridgehead atoms. The Hall–Kier alpha value is -2.80. The standard InChI is InChI=1S/C20H20N2O4S/c1-20(2,3)26-17(23)13-22-18(24)16(27-19(22)25)12-15-10-7-11-21(15)14-8-5-4-6-9-14/h4-12H,13H2,1-3H3. The topological polar surface area (TPSA) is 68.6 Å². The van der Waals surface area contributed by atoms with Gasteiger partial charge in [-0.05, 0) is 62.9 Å². The molecule has 0 atom stereocenters. The van der Waals surface area contributed by atoms with Crippen molar-refractivity contribution in [3.8, 4) is 5.69 Å². The molecule has 2 amide bonds. The summed E-state index contributed by atoms with van der Waals surface area (Å²) < 4.78 is 7.11. The van der Waals surface area contributed by atoms with E-state index in [1.165, 1.54) is 0 Å². The Morgan fingerprint density at radius 1 is 1.11 bits per heavy atom. The molecular formula is C20H20N2O4S. The molecule has 1 saturated heterocycles. The van der Waals surface area contributed by atoms with Crippen molar-refractivity contribution in [2.45, 2.75) is 26.4 Å². The van der Waals surface area contributed by atoms with E-state index < -0.39 is 22.7 Å². The Bertz CT molecular complexity index is 910. The van der Waals surface area contributed by atoms with Crippen LogP contribution in [0.25, 0.3) is 11.8 Å². The number of rotatable bonds is 4. The Morgan fingerprint density at radius 3 is 2.48 bits per heavy atom. The summed E-state index contributed by atoms with van der Waals surface area (Å²) in [5.74, 6) is -1.10. The van der Waals surface area contributed by atoms with Gasteiger partial charge in [-0.1, -0.05) is 18.2 Å². The van der Waals surface area contributed by atoms with Gasteiger partial charge in [0.1, 0.15) is 12.1 Å². The molecule has 1 aromatic heterocycles. The second-order valence-corrected chi connectivity index (χ2v) is 7.99. The maximum absolute atomic E-state index is 12.6. The number of thioether (sulfide) groups is 1. The molecule has 2 heterocycles. The molecule has 0 aliphatic carbocycles. The van der Waals surface area contributed by atoms with Crippen LogP contribution in [-0.2, 0) is 14.3 Å². The van der Waals surface area contributed by atoms with Gasteiger partial charge in [-0.2, -0.15) is 0 Å². The fraction of sp³-hybridized carbons (Fsp3) is 0.250. The maximum Gasteiger partial charge on any atom is 0.326 e. The highest BCUT2D eigenvalue weighted by Crippen LogP contribution is 2.32. The van der Waals surface area contributed by atoms with E-state index in [2.05, 4.69) is 0 Å². The summed E-state index contributed by atoms with van der Waals surface area (Å²) in [6.45, 7) is 4.81. The third kappa shape index (κ3) is 4.49. The number of aromatic nitrogens is 1. The molecule has 2 aromatic rings. The normalized spacial score (nSPS) is 16.3. The lowest BCUT2D eigenvalue weighted by Crippen LogP contribution is -2.37. The van der Waals surface area contributed by atoms with Gasteiger partial charge in [-0.3, -0.25) is 19.3 Å². The first kappa shape index (κ1) is 19.0. The lowest BCUT2D eigenvalue weighted by molar-refractivity contribution is -0.156. The number of nitrogens with zero attached hydrogens (tertiary/aromatic N) is 2. The van der Waals surface area contributed by atoms with E-state index in [4.69, 9.17) is 4.74 Å². The predicted octanol–water partition coefficient (Wildman–Crippen LogP) is 3.86. The number of carbonyl (C=O) groups is 3. The number of imide groups is 1. The molecule has 1 aromatic carbocycles. The minimum absolute atomic E-state index is 0.277. The van der Waals surface area contributed by atoms with Crippen molar-refractivity contribution in [2.24, 2.45) is 0 Å². The number of amides is 2. The molecule has 0 radical (unpaired) electrons. The zero-order valence-corrected chi connectivity index (χ0v) is 16.2. The van der Waals surface area contributed by atoms with Crippen molar-refractivity contribution in [3.05, 3.63) is 59.3 Å². The van der Waals surface area contributed by atoms with E-state index in [0.717, 1.165) is 28.0 Å². The van der Waals surface area contributed by atoms with Crippen molar-refractivity contribution in [2.75, 3.05) is 6.54 Å². The summed E-state index contributed by atoms with van der Waals surface area (Å²) in [6, 6.07) is 13.4. The summed E-state index contributed by atoms with van der Waals surface area (Å²) in [6.07, 6.45) is 3.54. The van der Waals surface area contributed by atoms with Gasteiger partial charge in [0, 0.05) is 17.6 Å². The van der Waals surface area contributed by atoms with Crippen LogP contribution in [0.2, 0.25) is 0 Å². The Morgan fingerprint density at radius 2 is 1.81 bits per heavy atom. The number of hydrogen-bond donors (Lipinski definition) is 0. The van der Waals surface area contributed by atoms with Crippen LogP contribution < -0.4 is 0 Å². The van der Waals surface area contributed by atoms with E-state index in [9.17, 15) is 14.4 Å². The summed E-state index contributed by atoms with van der Waals surface area (Å²) in [4.78, 5) is 37.9. The van der Waals surface area contributed by atoms with E-state index in [-0.39, 0.29) is 11.4 Å². The molecule has 140 valence electrons. The third-order valence-corrected chi connectivity index (χ3v) is 4.58. The fourth-order valence-corrected chi connectivity index (χ4v) is 3.43. The Labute approximate surface area is 161 Å². The van der Waals surface area contributed by atoms with Gasteiger partial charge < -0.3 is 9.30 Å². The second kappa shape index (κ2) is 7.44. The molecule has 1 aliphatic rings. The Balaban J connectivity index is 1.80. The molecule has 0 spiro atoms. The number of ether oxygens (including phenoxy) is 1. The largest absolute Gasteiger partial charge is 0.459 e. The number of para-hydroxylation sites is 1. The molecule has 0 N–H and O–H groups in total. The van der Waals surface area contributed by atoms with Gasteiger partial charge >= 0.3 is 5.97 Å². The molecule has 3 rings (SSSR count). The van der Waals surface area contributed by atoms with Gasteiger partial charge in [-0.25, -0.2) is 0 Å². The van der Waals surface area contributed by atoms with Crippen LogP contribution in [0.5, 0.6) is 0 Å². The van der Waals surface area contributed by atoms with Gasteiger partial charge in [0.25, 0.3) is 11.1 Å². The summed E-state index contributed by atoms with van der Waals surface area (Å²) in [7, 11) is 0. The van der Waals surface area contributed by atoms with E-state index in [0.29, 0.717) is 0 Å². The lowest BCUT2D eigenvalue weighted by atomic mass is 10.2. The SMILES string of the molecule is CC(C)(C)OC(=O)CN1C(=O)SC(=Cc2cccn2-c2ccccc2)C1=O. The molecule has 27 heavy (non-hydrogen) atoms. The predicted molar refractivity (Wildman–Crippen MR) is 104 cm³/mol. The van der Waals surface area contributed by atoms with Gasteiger partial charge in [-0.15, -0.1) is 0 Å². The average molecular weight is 384 g/mol. The third-order valence-electron chi connectivity index (χ3n) is 3.67. The summed E-state index contributed by atoms with van der Waals surface area (Å²) in [5, 5.41) is -0.477. The lowest BCUT2D eigenvalue weighted by Gasteiger charge is -2.21. The van der Waals surface area contributed by atoms with Crippen LogP contribution >= 0.6 is 11.8 Å². The van der Waals surface area contributed by atoms with Crippen molar-refractivity contribution < 1.29 is 19.1 Å². The van der Waals surface area contributed by atoms with Crippen molar-refractivity contribution in [1.29, 1.82) is 0 Å². The molecule has 1 aliphatic heterocycles. The van der Waals surface area contributed by atoms with Crippen LogP contribution in [0.3, 0.4) is 0 Å². The summed E-state index contributed by atoms with van der Waals surface area (Å²) in [5.41, 5.74) is 1.04. The molecule has 0 unspecified atom stereocenters. The Kier molecular flexibility index (Phi) is 5.23. The molecule has 6 nitrogen and oxygen atoms in total. The molecular weight excluding hydrogens is 364 g/mol. The number of hydrogen-bond acceptors (Lipinski definition) is 5. The first-order valence-electron chi connectivity index (χ1n) is 8.44. The van der Waals surface area contributed by atoms with Crippen molar-refractivity contribution in [1.82, 2.24) is 9.47 Å². The van der Waals surface area contributed by atoms with E-state index >= 15 is 0 Å². The monoisotopic (exact) mass is 384 g/mol. The van der Waals surface area contributed by atoms with Crippen molar-refractivity contribution in [3.63, 3.8) is 0 Å². The zero-order valence-electron chi connectivity index (χ0n) is 15.3. The smallest absolute Gasteiger partial charge is 0.326 e. The van der Waals surface area contributed by atoms with Gasteiger partial charge in [0.2, 0.25) is 0 Å². The van der Waals surface area contributed by atoms with E-state index in [1.807, 2.05) is 53.2 Å². The van der Waals surface area contributed by atoms with Crippen LogP contribution in [0, 0.1) is 0 Å². The van der Waals surface area contributed by atoms with Crippen LogP contribution in [0.15, 0.2) is 53.6 Å². The molecule has 1 fully saturated rings. The van der Waals surface area contributed by atoms with Crippen LogP contribution in [-0.4, -0.2) is 38.7 Å². The zero-order chi connectivity index (χ0) is 19.6. The quantitative estimate of drug-likeness (QED) is 0.591. The average Bonchev–Trinajstić information content (AvgIpc) is 3.15. The van der Waals surface area contributed by atoms with Gasteiger partial charge in [0.05, 0.1) is 4.91 Å². The van der Waals surface area contributed by atoms with Crippen molar-refractivity contribution >= 4 is 35.0 Å². The second-order valence-electron chi connectivity index (χ2n) is 6.99. The van der Waals surface area contributed by atoms with E-state index in [1.54, 1.807) is 26.8 Å². The summed E-state index contributed by atoms with van der Waals surface area (Å²) >= 11 is 0.821. The molecule has 0 saturated carbocycles. The minimum atomic E-state index is -0.675. The highest BCUT2D eigenvalue weighted by Gasteiger charge is 2.37. The fourth-order valence-electron chi connectivity index (χ4n) is 2.61. The minimum Gasteiger partial charge on any atom is -0.459 e. The van der Waals surface area contributed by atoms with Crippen LogP contribution in [0.1, 0.15) is 26.5 Å². The first-order valence-corrected chi connectivity index (χ1v) is 9.26. The van der Waals surface area contributed by atoms with Gasteiger partial charge in [0.15, 0.2) is 0 Å². The highest BCUT2D eigenvalue weighted by molar-refractivity contribution is 8.18. The number of carbonyl (C=O) groups excluding carboxylic acids is 3. The highest BCUT2D eigenvalue weighted by atomic mass is 32.2. The van der Waals surface area contributed by atoms with Crippen LogP contribution in [0.4, 0.5) is 4.79 Å². The first-order chi connectivity index (χ1) is 12.7.